The Morgan fingerprint density at radius 3 is 1.94 bits per heavy atom. The first-order chi connectivity index (χ1) is 14.8. The second kappa shape index (κ2) is 10.5. The van der Waals surface area contributed by atoms with Gasteiger partial charge in [0.15, 0.2) is 30.9 Å². The Morgan fingerprint density at radius 1 is 0.875 bits per heavy atom. The molecule has 2 fully saturated rings. The topological polar surface area (TPSA) is 213 Å². The van der Waals surface area contributed by atoms with Crippen LogP contribution in [-0.4, -0.2) is 100 Å². The van der Waals surface area contributed by atoms with E-state index >= 15 is 0 Å². The summed E-state index contributed by atoms with van der Waals surface area (Å²) >= 11 is 0. The van der Waals surface area contributed by atoms with Crippen molar-refractivity contribution >= 4 is 23.8 Å². The minimum absolute atomic E-state index is 0.588. The molecule has 182 valence electrons. The first-order valence-corrected chi connectivity index (χ1v) is 9.75. The molecule has 0 aliphatic carbocycles. The van der Waals surface area contributed by atoms with Crippen molar-refractivity contribution < 1.29 is 58.2 Å². The fourth-order valence-electron chi connectivity index (χ4n) is 3.58. The minimum atomic E-state index is -1.92. The first-order valence-electron chi connectivity index (χ1n) is 9.75. The maximum Gasteiger partial charge on any atom is 0.303 e. The van der Waals surface area contributed by atoms with Crippen molar-refractivity contribution in [3.8, 4) is 0 Å². The third kappa shape index (κ3) is 5.90. The summed E-state index contributed by atoms with van der Waals surface area (Å²) in [6, 6.07) is -1.26. The highest BCUT2D eigenvalue weighted by Gasteiger charge is 2.53. The molecular weight excluding hydrogens is 436 g/mol. The molecule has 0 radical (unpaired) electrons. The van der Waals surface area contributed by atoms with Gasteiger partial charge in [0.2, 0.25) is 11.8 Å². The SMILES string of the molecule is CC(=O)N[C@H]1C(O[C@H]2C(O)O[C@H](C(N)=O)[C@H](O)[C@@H]2O)O[C@H](C)[C@@H](OC(C)=O)[C@@H]1OC(C)=O. The maximum atomic E-state index is 11.8. The Kier molecular flexibility index (Phi) is 8.50. The number of hydrogen-bond donors (Lipinski definition) is 5. The molecule has 2 saturated heterocycles. The van der Waals surface area contributed by atoms with Crippen LogP contribution in [0.5, 0.6) is 0 Å². The fourth-order valence-corrected chi connectivity index (χ4v) is 3.58. The summed E-state index contributed by atoms with van der Waals surface area (Å²) in [4.78, 5) is 46.4. The molecule has 32 heavy (non-hydrogen) atoms. The normalized spacial score (nSPS) is 39.6. The molecule has 0 aromatic rings. The van der Waals surface area contributed by atoms with Crippen LogP contribution in [0.1, 0.15) is 27.7 Å². The van der Waals surface area contributed by atoms with Gasteiger partial charge < -0.3 is 50.1 Å². The van der Waals surface area contributed by atoms with Crippen LogP contribution >= 0.6 is 0 Å². The predicted molar refractivity (Wildman–Crippen MR) is 100 cm³/mol. The van der Waals surface area contributed by atoms with Crippen LogP contribution in [0.25, 0.3) is 0 Å². The number of hydrogen-bond acceptors (Lipinski definition) is 12. The number of aliphatic hydroxyl groups excluding tert-OH is 3. The van der Waals surface area contributed by atoms with E-state index in [1.54, 1.807) is 0 Å². The number of rotatable bonds is 6. The molecule has 2 unspecified atom stereocenters. The number of nitrogens with two attached hydrogens (primary N) is 1. The van der Waals surface area contributed by atoms with Crippen molar-refractivity contribution in [1.29, 1.82) is 0 Å². The predicted octanol–water partition coefficient (Wildman–Crippen LogP) is -3.59. The van der Waals surface area contributed by atoms with Gasteiger partial charge in [-0.3, -0.25) is 19.2 Å². The highest BCUT2D eigenvalue weighted by molar-refractivity contribution is 5.79. The number of nitrogens with one attached hydrogen (secondary N) is 1. The van der Waals surface area contributed by atoms with E-state index in [1.807, 2.05) is 0 Å². The Hall–Kier alpha value is -2.36. The summed E-state index contributed by atoms with van der Waals surface area (Å²) in [7, 11) is 0. The van der Waals surface area contributed by atoms with Gasteiger partial charge in [0.1, 0.15) is 24.4 Å². The molecule has 14 heteroatoms. The molecular formula is C18H28N2O12. The molecule has 6 N–H and O–H groups in total. The van der Waals surface area contributed by atoms with Crippen molar-refractivity contribution in [2.24, 2.45) is 5.73 Å². The van der Waals surface area contributed by atoms with Crippen molar-refractivity contribution in [3.05, 3.63) is 0 Å². The van der Waals surface area contributed by atoms with Crippen molar-refractivity contribution in [1.82, 2.24) is 5.32 Å². The third-order valence-corrected chi connectivity index (χ3v) is 4.89. The molecule has 2 aliphatic heterocycles. The standard InChI is InChI=1S/C18H28N2O12/c1-5-12(29-7(3)22)13(30-8(4)23)9(20-6(2)21)18(28-5)32-15-11(25)10(24)14(16(19)26)31-17(15)27/h5,9-15,17-18,24-25,27H,1-4H3,(H2,19,26)(H,20,21)/t5-,9-,10-,11+,12-,13-,14+,15-,17?,18?/m1/s1. The van der Waals surface area contributed by atoms with Crippen LogP contribution in [0.15, 0.2) is 0 Å². The van der Waals surface area contributed by atoms with E-state index in [-0.39, 0.29) is 0 Å². The molecule has 2 rings (SSSR count). The molecule has 14 nitrogen and oxygen atoms in total. The molecule has 0 bridgehead atoms. The van der Waals surface area contributed by atoms with Crippen molar-refractivity contribution in [3.63, 3.8) is 0 Å². The molecule has 2 amide bonds. The maximum absolute atomic E-state index is 11.8. The van der Waals surface area contributed by atoms with Crippen LogP contribution in [-0.2, 0) is 42.9 Å². The summed E-state index contributed by atoms with van der Waals surface area (Å²) < 4.78 is 26.7. The third-order valence-electron chi connectivity index (χ3n) is 4.89. The number of aliphatic hydroxyl groups is 3. The van der Waals surface area contributed by atoms with E-state index in [1.165, 1.54) is 6.92 Å². The van der Waals surface area contributed by atoms with Crippen LogP contribution in [0.2, 0.25) is 0 Å². The Morgan fingerprint density at radius 2 is 1.44 bits per heavy atom. The van der Waals surface area contributed by atoms with E-state index in [4.69, 9.17) is 29.4 Å². The molecule has 2 aliphatic rings. The van der Waals surface area contributed by atoms with Crippen LogP contribution in [0, 0.1) is 0 Å². The van der Waals surface area contributed by atoms with Gasteiger partial charge in [-0.05, 0) is 6.92 Å². The lowest BCUT2D eigenvalue weighted by molar-refractivity contribution is -0.340. The number of carbonyl (C=O) groups excluding carboxylic acids is 4. The Balaban J connectivity index is 2.33. The van der Waals surface area contributed by atoms with Gasteiger partial charge in [-0.1, -0.05) is 0 Å². The van der Waals surface area contributed by atoms with E-state index in [2.05, 4.69) is 5.32 Å². The summed E-state index contributed by atoms with van der Waals surface area (Å²) in [5, 5.41) is 33.1. The summed E-state index contributed by atoms with van der Waals surface area (Å²) in [5.41, 5.74) is 5.08. The highest BCUT2D eigenvalue weighted by Crippen LogP contribution is 2.31. The Labute approximate surface area is 182 Å². The van der Waals surface area contributed by atoms with E-state index in [9.17, 15) is 34.5 Å². The second-order valence-electron chi connectivity index (χ2n) is 7.52. The number of primary amides is 1. The molecule has 2 heterocycles. The lowest BCUT2D eigenvalue weighted by Gasteiger charge is -2.47. The number of ether oxygens (including phenoxy) is 5. The zero-order valence-electron chi connectivity index (χ0n) is 17.9. The van der Waals surface area contributed by atoms with Crippen LogP contribution in [0.4, 0.5) is 0 Å². The summed E-state index contributed by atoms with van der Waals surface area (Å²) in [5.74, 6) is -3.16. The molecule has 0 aromatic heterocycles. The molecule has 0 aromatic carbocycles. The lowest BCUT2D eigenvalue weighted by atomic mass is 9.95. The van der Waals surface area contributed by atoms with Gasteiger partial charge in [-0.15, -0.1) is 0 Å². The zero-order chi connectivity index (χ0) is 24.3. The first kappa shape index (κ1) is 25.9. The average molecular weight is 464 g/mol. The van der Waals surface area contributed by atoms with Gasteiger partial charge in [0.05, 0.1) is 6.10 Å². The largest absolute Gasteiger partial charge is 0.456 e. The minimum Gasteiger partial charge on any atom is -0.456 e. The van der Waals surface area contributed by atoms with E-state index in [0.29, 0.717) is 0 Å². The van der Waals surface area contributed by atoms with Gasteiger partial charge in [0, 0.05) is 20.8 Å². The second-order valence-corrected chi connectivity index (χ2v) is 7.52. The van der Waals surface area contributed by atoms with Crippen molar-refractivity contribution in [2.75, 3.05) is 0 Å². The lowest BCUT2D eigenvalue weighted by Crippen LogP contribution is -2.68. The number of carbonyl (C=O) groups is 4. The fraction of sp³-hybridized carbons (Fsp3) is 0.778. The smallest absolute Gasteiger partial charge is 0.303 e. The highest BCUT2D eigenvalue weighted by atomic mass is 16.7. The molecule has 0 spiro atoms. The van der Waals surface area contributed by atoms with Crippen LogP contribution < -0.4 is 11.1 Å². The zero-order valence-corrected chi connectivity index (χ0v) is 17.9. The average Bonchev–Trinajstić information content (AvgIpc) is 2.66. The molecule has 0 saturated carbocycles. The van der Waals surface area contributed by atoms with Gasteiger partial charge in [-0.2, -0.15) is 0 Å². The van der Waals surface area contributed by atoms with Crippen LogP contribution in [0.3, 0.4) is 0 Å². The summed E-state index contributed by atoms with van der Waals surface area (Å²) in [6.07, 6.45) is -13.7. The Bertz CT molecular complexity index is 733. The van der Waals surface area contributed by atoms with Gasteiger partial charge >= 0.3 is 11.9 Å². The van der Waals surface area contributed by atoms with E-state index in [0.717, 1.165) is 20.8 Å². The summed E-state index contributed by atoms with van der Waals surface area (Å²) in [6.45, 7) is 4.88. The van der Waals surface area contributed by atoms with Gasteiger partial charge in [0.25, 0.3) is 0 Å². The monoisotopic (exact) mass is 464 g/mol. The quantitative estimate of drug-likeness (QED) is 0.241. The van der Waals surface area contributed by atoms with Crippen molar-refractivity contribution in [2.45, 2.75) is 89.0 Å². The molecule has 10 atom stereocenters. The van der Waals surface area contributed by atoms with Gasteiger partial charge in [-0.25, -0.2) is 0 Å². The van der Waals surface area contributed by atoms with E-state index < -0.39 is 85.1 Å². The number of amides is 2. The number of esters is 2.